The van der Waals surface area contributed by atoms with Gasteiger partial charge >= 0.3 is 0 Å². The van der Waals surface area contributed by atoms with Crippen LogP contribution in [0, 0.1) is 0 Å². The highest BCUT2D eigenvalue weighted by molar-refractivity contribution is 5.01. The molecule has 0 aliphatic rings. The molecule has 0 aliphatic carbocycles. The van der Waals surface area contributed by atoms with Crippen LogP contribution >= 0.6 is 0 Å². The lowest BCUT2D eigenvalue weighted by Crippen LogP contribution is -1.91. The molecule has 0 rings (SSSR count). The van der Waals surface area contributed by atoms with E-state index in [9.17, 15) is 0 Å². The standard InChI is InChI=1S/C6H11N.C2H6/c1-2-3-4-5-6-7;1-2/h2-5H,6-7H2,1H3;1-2H3/b3-2-,5-4-;. The van der Waals surface area contributed by atoms with Crippen LogP contribution in [-0.2, 0) is 0 Å². The first-order valence-corrected chi connectivity index (χ1v) is 3.39. The van der Waals surface area contributed by atoms with E-state index < -0.39 is 0 Å². The van der Waals surface area contributed by atoms with Gasteiger partial charge in [-0.2, -0.15) is 0 Å². The Labute approximate surface area is 58.3 Å². The average molecular weight is 127 g/mol. The Morgan fingerprint density at radius 1 is 1.22 bits per heavy atom. The summed E-state index contributed by atoms with van der Waals surface area (Å²) in [6, 6.07) is 0. The minimum atomic E-state index is 0.629. The van der Waals surface area contributed by atoms with Crippen molar-refractivity contribution in [3.05, 3.63) is 24.3 Å². The monoisotopic (exact) mass is 127 g/mol. The molecule has 0 aromatic heterocycles. The Morgan fingerprint density at radius 2 is 1.78 bits per heavy atom. The Kier molecular flexibility index (Phi) is 19.6. The molecular formula is C8H17N. The van der Waals surface area contributed by atoms with Crippen LogP contribution in [0.3, 0.4) is 0 Å². The SMILES string of the molecule is C/C=C\C=C/CN.CC. The van der Waals surface area contributed by atoms with Crippen molar-refractivity contribution in [2.24, 2.45) is 5.73 Å². The molecule has 0 saturated carbocycles. The molecule has 1 nitrogen and oxygen atoms in total. The van der Waals surface area contributed by atoms with Crippen LogP contribution in [0.1, 0.15) is 20.8 Å². The third-order valence-corrected chi connectivity index (χ3v) is 0.576. The molecule has 0 unspecified atom stereocenters. The van der Waals surface area contributed by atoms with Crippen molar-refractivity contribution in [3.63, 3.8) is 0 Å². The fourth-order valence-electron chi connectivity index (χ4n) is 0.268. The molecular weight excluding hydrogens is 110 g/mol. The summed E-state index contributed by atoms with van der Waals surface area (Å²) < 4.78 is 0. The number of rotatable bonds is 2. The molecule has 0 aliphatic heterocycles. The molecule has 0 spiro atoms. The first-order valence-electron chi connectivity index (χ1n) is 3.39. The highest BCUT2D eigenvalue weighted by atomic mass is 14.5. The van der Waals surface area contributed by atoms with Gasteiger partial charge in [0, 0.05) is 6.54 Å². The average Bonchev–Trinajstić information content (AvgIpc) is 1.94. The fraction of sp³-hybridized carbons (Fsp3) is 0.500. The van der Waals surface area contributed by atoms with Gasteiger partial charge in [-0.05, 0) is 6.92 Å². The molecule has 0 aromatic rings. The van der Waals surface area contributed by atoms with Crippen LogP contribution in [0.4, 0.5) is 0 Å². The van der Waals surface area contributed by atoms with Crippen LogP contribution in [0.5, 0.6) is 0 Å². The highest BCUT2D eigenvalue weighted by Crippen LogP contribution is 1.71. The van der Waals surface area contributed by atoms with Gasteiger partial charge in [0.05, 0.1) is 0 Å². The largest absolute Gasteiger partial charge is 0.327 e. The molecule has 0 heterocycles. The Bertz CT molecular complexity index is 72.6. The highest BCUT2D eigenvalue weighted by Gasteiger charge is 1.57. The zero-order chi connectivity index (χ0) is 7.54. The summed E-state index contributed by atoms with van der Waals surface area (Å²) in [5.41, 5.74) is 5.15. The van der Waals surface area contributed by atoms with Crippen LogP contribution in [0.15, 0.2) is 24.3 Å². The maximum atomic E-state index is 5.15. The molecule has 0 aromatic carbocycles. The summed E-state index contributed by atoms with van der Waals surface area (Å²) in [5.74, 6) is 0. The number of hydrogen-bond donors (Lipinski definition) is 1. The third-order valence-electron chi connectivity index (χ3n) is 0.576. The Hall–Kier alpha value is -0.560. The quantitative estimate of drug-likeness (QED) is 0.565. The second-order valence-corrected chi connectivity index (χ2v) is 1.19. The molecule has 0 atom stereocenters. The second kappa shape index (κ2) is 15.7. The molecule has 0 bridgehead atoms. The minimum Gasteiger partial charge on any atom is -0.327 e. The fourth-order valence-corrected chi connectivity index (χ4v) is 0.268. The molecule has 0 saturated heterocycles. The van der Waals surface area contributed by atoms with Crippen LogP contribution < -0.4 is 5.73 Å². The van der Waals surface area contributed by atoms with Crippen molar-refractivity contribution in [2.45, 2.75) is 20.8 Å². The molecule has 2 N–H and O–H groups in total. The summed E-state index contributed by atoms with van der Waals surface area (Å²) >= 11 is 0. The smallest absolute Gasteiger partial charge is 0.0109 e. The van der Waals surface area contributed by atoms with E-state index in [0.717, 1.165) is 0 Å². The van der Waals surface area contributed by atoms with E-state index in [1.165, 1.54) is 0 Å². The van der Waals surface area contributed by atoms with E-state index in [2.05, 4.69) is 0 Å². The van der Waals surface area contributed by atoms with E-state index in [0.29, 0.717) is 6.54 Å². The topological polar surface area (TPSA) is 26.0 Å². The Balaban J connectivity index is 0. The summed E-state index contributed by atoms with van der Waals surface area (Å²) in [5, 5.41) is 0. The maximum absolute atomic E-state index is 5.15. The van der Waals surface area contributed by atoms with Crippen LogP contribution in [0.2, 0.25) is 0 Å². The number of nitrogens with two attached hydrogens (primary N) is 1. The molecule has 0 fully saturated rings. The van der Waals surface area contributed by atoms with Crippen molar-refractivity contribution >= 4 is 0 Å². The predicted molar refractivity (Wildman–Crippen MR) is 44.4 cm³/mol. The van der Waals surface area contributed by atoms with Gasteiger partial charge in [0.1, 0.15) is 0 Å². The molecule has 54 valence electrons. The van der Waals surface area contributed by atoms with Gasteiger partial charge in [0.25, 0.3) is 0 Å². The van der Waals surface area contributed by atoms with E-state index in [4.69, 9.17) is 5.73 Å². The summed E-state index contributed by atoms with van der Waals surface area (Å²) in [4.78, 5) is 0. The summed E-state index contributed by atoms with van der Waals surface area (Å²) in [6.07, 6.45) is 7.75. The normalized spacial score (nSPS) is 9.78. The third kappa shape index (κ3) is 18.6. The van der Waals surface area contributed by atoms with Gasteiger partial charge in [-0.25, -0.2) is 0 Å². The van der Waals surface area contributed by atoms with E-state index in [-0.39, 0.29) is 0 Å². The van der Waals surface area contributed by atoms with E-state index in [1.807, 2.05) is 45.1 Å². The van der Waals surface area contributed by atoms with Gasteiger partial charge in [0.2, 0.25) is 0 Å². The van der Waals surface area contributed by atoms with Gasteiger partial charge in [-0.1, -0.05) is 38.2 Å². The van der Waals surface area contributed by atoms with Crippen LogP contribution in [0.25, 0.3) is 0 Å². The molecule has 0 radical (unpaired) electrons. The van der Waals surface area contributed by atoms with E-state index >= 15 is 0 Å². The van der Waals surface area contributed by atoms with Crippen molar-refractivity contribution < 1.29 is 0 Å². The first-order chi connectivity index (χ1) is 4.41. The van der Waals surface area contributed by atoms with Crippen molar-refractivity contribution in [2.75, 3.05) is 6.54 Å². The first kappa shape index (κ1) is 11.3. The Morgan fingerprint density at radius 3 is 2.11 bits per heavy atom. The second-order valence-electron chi connectivity index (χ2n) is 1.19. The van der Waals surface area contributed by atoms with Gasteiger partial charge < -0.3 is 5.73 Å². The molecule has 0 amide bonds. The lowest BCUT2D eigenvalue weighted by atomic mass is 10.4. The van der Waals surface area contributed by atoms with Crippen molar-refractivity contribution in [1.82, 2.24) is 0 Å². The molecule has 9 heavy (non-hydrogen) atoms. The number of hydrogen-bond acceptors (Lipinski definition) is 1. The lowest BCUT2D eigenvalue weighted by molar-refractivity contribution is 1.25. The summed E-state index contributed by atoms with van der Waals surface area (Å²) in [7, 11) is 0. The minimum absolute atomic E-state index is 0.629. The van der Waals surface area contributed by atoms with Gasteiger partial charge in [-0.3, -0.25) is 0 Å². The zero-order valence-electron chi connectivity index (χ0n) is 6.59. The van der Waals surface area contributed by atoms with Gasteiger partial charge in [0.15, 0.2) is 0 Å². The summed E-state index contributed by atoms with van der Waals surface area (Å²) in [6.45, 7) is 6.60. The maximum Gasteiger partial charge on any atom is 0.0109 e. The van der Waals surface area contributed by atoms with Crippen LogP contribution in [-0.4, -0.2) is 6.54 Å². The zero-order valence-corrected chi connectivity index (χ0v) is 6.59. The lowest BCUT2D eigenvalue weighted by Gasteiger charge is -1.71. The number of allylic oxidation sites excluding steroid dienone is 3. The van der Waals surface area contributed by atoms with Gasteiger partial charge in [-0.15, -0.1) is 0 Å². The predicted octanol–water partition coefficient (Wildman–Crippen LogP) is 2.10. The van der Waals surface area contributed by atoms with Crippen molar-refractivity contribution in [1.29, 1.82) is 0 Å². The van der Waals surface area contributed by atoms with Crippen molar-refractivity contribution in [3.8, 4) is 0 Å². The molecule has 1 heteroatoms. The van der Waals surface area contributed by atoms with E-state index in [1.54, 1.807) is 0 Å².